The van der Waals surface area contributed by atoms with Crippen LogP contribution in [0.3, 0.4) is 0 Å². The average Bonchev–Trinajstić information content (AvgIpc) is 2.94. The standard InChI is InChI=1S/C22H21BrN4O4S/c1-2-3-10-32-22-25-21-19(26-27-22)15-11-13(23)8-9-16(15)24-20(31-21)14-6-4-5-7-17(14)30-12-18(28)29/h4-9,11,20,24H,2-3,10,12H2,1H3,(H,28,29)/t20-/m1/s1. The molecule has 1 atom stereocenters. The first kappa shape index (κ1) is 22.3. The Hall–Kier alpha value is -2.85. The second kappa shape index (κ2) is 10.2. The second-order valence-corrected chi connectivity index (χ2v) is 8.98. The van der Waals surface area contributed by atoms with Gasteiger partial charge in [-0.15, -0.1) is 10.2 Å². The zero-order valence-corrected chi connectivity index (χ0v) is 19.6. The summed E-state index contributed by atoms with van der Waals surface area (Å²) in [4.78, 5) is 15.6. The van der Waals surface area contributed by atoms with Gasteiger partial charge in [-0.05, 0) is 36.8 Å². The molecule has 0 spiro atoms. The number of aromatic nitrogens is 3. The fourth-order valence-corrected chi connectivity index (χ4v) is 4.37. The van der Waals surface area contributed by atoms with Crippen molar-refractivity contribution in [2.75, 3.05) is 17.7 Å². The number of hydrogen-bond acceptors (Lipinski definition) is 8. The van der Waals surface area contributed by atoms with Gasteiger partial charge in [-0.2, -0.15) is 4.98 Å². The molecule has 2 aromatic carbocycles. The van der Waals surface area contributed by atoms with Gasteiger partial charge in [0.1, 0.15) is 5.75 Å². The molecule has 0 bridgehead atoms. The number of carbonyl (C=O) groups is 1. The number of unbranched alkanes of at least 4 members (excludes halogenated alkanes) is 1. The van der Waals surface area contributed by atoms with Crippen molar-refractivity contribution in [1.82, 2.24) is 15.2 Å². The Morgan fingerprint density at radius 1 is 1.28 bits per heavy atom. The molecule has 4 rings (SSSR count). The Bertz CT molecular complexity index is 1130. The van der Waals surface area contributed by atoms with E-state index in [0.29, 0.717) is 28.0 Å². The summed E-state index contributed by atoms with van der Waals surface area (Å²) in [5.74, 6) is 0.600. The van der Waals surface area contributed by atoms with E-state index in [2.05, 4.69) is 43.4 Å². The largest absolute Gasteiger partial charge is 0.481 e. The number of carboxylic acid groups (broad SMARTS) is 1. The lowest BCUT2D eigenvalue weighted by Crippen LogP contribution is -2.19. The molecule has 1 aliphatic heterocycles. The number of nitrogens with one attached hydrogen (secondary N) is 1. The number of halogens is 1. The third-order valence-electron chi connectivity index (χ3n) is 4.67. The summed E-state index contributed by atoms with van der Waals surface area (Å²) in [6.07, 6.45) is 1.47. The maximum atomic E-state index is 11.0. The molecular weight excluding hydrogens is 496 g/mol. The molecule has 0 saturated carbocycles. The topological polar surface area (TPSA) is 106 Å². The molecule has 8 nitrogen and oxygen atoms in total. The minimum Gasteiger partial charge on any atom is -0.481 e. The van der Waals surface area contributed by atoms with Gasteiger partial charge in [0.05, 0.1) is 5.56 Å². The normalized spacial score (nSPS) is 14.4. The number of anilines is 1. The van der Waals surface area contributed by atoms with Gasteiger partial charge in [0.15, 0.2) is 12.3 Å². The Morgan fingerprint density at radius 3 is 2.94 bits per heavy atom. The van der Waals surface area contributed by atoms with Crippen molar-refractivity contribution in [1.29, 1.82) is 0 Å². The Balaban J connectivity index is 1.75. The Kier molecular flexibility index (Phi) is 7.11. The van der Waals surface area contributed by atoms with Crippen molar-refractivity contribution >= 4 is 39.3 Å². The molecule has 32 heavy (non-hydrogen) atoms. The van der Waals surface area contributed by atoms with Crippen LogP contribution in [0.2, 0.25) is 0 Å². The molecular formula is C22H21BrN4O4S. The molecule has 2 heterocycles. The number of benzene rings is 2. The van der Waals surface area contributed by atoms with E-state index in [0.717, 1.165) is 34.3 Å². The highest BCUT2D eigenvalue weighted by Crippen LogP contribution is 2.42. The van der Waals surface area contributed by atoms with Crippen LogP contribution in [0.1, 0.15) is 31.6 Å². The van der Waals surface area contributed by atoms with Crippen LogP contribution in [-0.4, -0.2) is 38.6 Å². The molecule has 0 saturated heterocycles. The molecule has 10 heteroatoms. The lowest BCUT2D eigenvalue weighted by molar-refractivity contribution is -0.139. The van der Waals surface area contributed by atoms with Crippen molar-refractivity contribution in [2.45, 2.75) is 31.1 Å². The van der Waals surface area contributed by atoms with Crippen LogP contribution in [0, 0.1) is 0 Å². The molecule has 1 aliphatic rings. The van der Waals surface area contributed by atoms with Crippen molar-refractivity contribution in [3.63, 3.8) is 0 Å². The highest BCUT2D eigenvalue weighted by molar-refractivity contribution is 9.10. The fraction of sp³-hybridized carbons (Fsp3) is 0.273. The molecule has 166 valence electrons. The molecule has 0 radical (unpaired) electrons. The molecule has 1 aromatic heterocycles. The number of hydrogen-bond donors (Lipinski definition) is 2. The Morgan fingerprint density at radius 2 is 2.12 bits per heavy atom. The fourth-order valence-electron chi connectivity index (χ4n) is 3.15. The van der Waals surface area contributed by atoms with Crippen LogP contribution >= 0.6 is 27.7 Å². The molecule has 0 amide bonds. The molecule has 2 N–H and O–H groups in total. The van der Waals surface area contributed by atoms with Gasteiger partial charge >= 0.3 is 5.97 Å². The minimum atomic E-state index is -1.05. The van der Waals surface area contributed by atoms with E-state index in [1.54, 1.807) is 12.1 Å². The number of carboxylic acids is 1. The molecule has 0 fully saturated rings. The van der Waals surface area contributed by atoms with E-state index in [9.17, 15) is 4.79 Å². The maximum Gasteiger partial charge on any atom is 0.341 e. The number of rotatable bonds is 8. The van der Waals surface area contributed by atoms with Crippen LogP contribution in [0.25, 0.3) is 11.3 Å². The zero-order chi connectivity index (χ0) is 22.5. The van der Waals surface area contributed by atoms with E-state index >= 15 is 0 Å². The summed E-state index contributed by atoms with van der Waals surface area (Å²) in [5, 5.41) is 21.6. The number of fused-ring (bicyclic) bond motifs is 3. The van der Waals surface area contributed by atoms with Gasteiger partial charge in [0.2, 0.25) is 17.3 Å². The summed E-state index contributed by atoms with van der Waals surface area (Å²) < 4.78 is 12.7. The number of nitrogens with zero attached hydrogens (tertiary/aromatic N) is 3. The lowest BCUT2D eigenvalue weighted by Gasteiger charge is -2.21. The lowest BCUT2D eigenvalue weighted by atomic mass is 10.1. The summed E-state index contributed by atoms with van der Waals surface area (Å²) in [6, 6.07) is 12.9. The zero-order valence-electron chi connectivity index (χ0n) is 17.2. The van der Waals surface area contributed by atoms with E-state index in [1.165, 1.54) is 11.8 Å². The van der Waals surface area contributed by atoms with Crippen LogP contribution in [0.4, 0.5) is 5.69 Å². The maximum absolute atomic E-state index is 11.0. The highest BCUT2D eigenvalue weighted by Gasteiger charge is 2.28. The van der Waals surface area contributed by atoms with Crippen LogP contribution in [-0.2, 0) is 4.79 Å². The van der Waals surface area contributed by atoms with Crippen molar-refractivity contribution in [3.05, 3.63) is 52.5 Å². The van der Waals surface area contributed by atoms with Crippen LogP contribution < -0.4 is 14.8 Å². The average molecular weight is 517 g/mol. The second-order valence-electron chi connectivity index (χ2n) is 7.00. The number of para-hydroxylation sites is 1. The third kappa shape index (κ3) is 5.13. The number of aliphatic carboxylic acids is 1. The molecule has 0 unspecified atom stereocenters. The van der Waals surface area contributed by atoms with Gasteiger partial charge in [-0.1, -0.05) is 53.2 Å². The first-order valence-electron chi connectivity index (χ1n) is 10.1. The first-order chi connectivity index (χ1) is 15.5. The highest BCUT2D eigenvalue weighted by atomic mass is 79.9. The van der Waals surface area contributed by atoms with Gasteiger partial charge in [0.25, 0.3) is 0 Å². The van der Waals surface area contributed by atoms with Crippen molar-refractivity contribution < 1.29 is 19.4 Å². The van der Waals surface area contributed by atoms with Gasteiger partial charge < -0.3 is 19.9 Å². The molecule has 3 aromatic rings. The number of ether oxygens (including phenoxy) is 2. The first-order valence-corrected chi connectivity index (χ1v) is 11.9. The van der Waals surface area contributed by atoms with Gasteiger partial charge in [-0.25, -0.2) is 4.79 Å². The quantitative estimate of drug-likeness (QED) is 0.310. The number of thioether (sulfide) groups is 1. The van der Waals surface area contributed by atoms with E-state index in [1.807, 2.05) is 30.3 Å². The monoisotopic (exact) mass is 516 g/mol. The summed E-state index contributed by atoms with van der Waals surface area (Å²) >= 11 is 5.05. The van der Waals surface area contributed by atoms with Crippen molar-refractivity contribution in [3.8, 4) is 22.9 Å². The minimum absolute atomic E-state index is 0.349. The smallest absolute Gasteiger partial charge is 0.341 e. The van der Waals surface area contributed by atoms with Crippen molar-refractivity contribution in [2.24, 2.45) is 0 Å². The predicted molar refractivity (Wildman–Crippen MR) is 125 cm³/mol. The van der Waals surface area contributed by atoms with Gasteiger partial charge in [-0.3, -0.25) is 0 Å². The van der Waals surface area contributed by atoms with Crippen LogP contribution in [0.15, 0.2) is 52.1 Å². The van der Waals surface area contributed by atoms with E-state index < -0.39 is 18.8 Å². The van der Waals surface area contributed by atoms with Crippen LogP contribution in [0.5, 0.6) is 11.6 Å². The van der Waals surface area contributed by atoms with E-state index in [-0.39, 0.29) is 0 Å². The Labute approximate surface area is 197 Å². The molecule has 0 aliphatic carbocycles. The van der Waals surface area contributed by atoms with Gasteiger partial charge in [0, 0.05) is 21.5 Å². The summed E-state index contributed by atoms with van der Waals surface area (Å²) in [6.45, 7) is 1.68. The SMILES string of the molecule is CCCCSc1nnc2c(n1)O[C@H](c1ccccc1OCC(=O)O)Nc1ccc(Br)cc1-2. The predicted octanol–water partition coefficient (Wildman–Crippen LogP) is 5.16. The summed E-state index contributed by atoms with van der Waals surface area (Å²) in [7, 11) is 0. The van der Waals surface area contributed by atoms with E-state index in [4.69, 9.17) is 14.6 Å². The third-order valence-corrected chi connectivity index (χ3v) is 6.09. The summed E-state index contributed by atoms with van der Waals surface area (Å²) in [5.41, 5.74) is 2.76.